The monoisotopic (exact) mass is 268 g/mol. The molecule has 4 aromatic rings. The van der Waals surface area contributed by atoms with Gasteiger partial charge in [0.2, 0.25) is 0 Å². The number of rotatable bonds is 2. The Bertz CT molecular complexity index is 866. The molecule has 3 aromatic carbocycles. The average Bonchev–Trinajstić information content (AvgIpc) is 2.90. The zero-order valence-electron chi connectivity index (χ0n) is 12.0. The van der Waals surface area contributed by atoms with Gasteiger partial charge in [-0.1, -0.05) is 60.8 Å². The van der Waals surface area contributed by atoms with Crippen LogP contribution in [0.4, 0.5) is 0 Å². The van der Waals surface area contributed by atoms with Crippen molar-refractivity contribution >= 4 is 34.5 Å². The van der Waals surface area contributed by atoms with E-state index < -0.39 is 0 Å². The first kappa shape index (κ1) is 12.3. The first-order valence-electron chi connectivity index (χ1n) is 7.26. The van der Waals surface area contributed by atoms with Gasteiger partial charge in [0.15, 0.2) is 0 Å². The molecule has 21 heavy (non-hydrogen) atoms. The van der Waals surface area contributed by atoms with Crippen LogP contribution >= 0.6 is 0 Å². The van der Waals surface area contributed by atoms with E-state index in [0.29, 0.717) is 0 Å². The van der Waals surface area contributed by atoms with Crippen molar-refractivity contribution in [3.8, 4) is 5.69 Å². The number of hydrogen-bond acceptors (Lipinski definition) is 0. The van der Waals surface area contributed by atoms with E-state index in [2.05, 4.69) is 91.5 Å². The standard InChI is InChI=1S/C19H15BN/c1-20-14-10-12-15(13-11-14)21-18-8-4-2-6-16(18)17-7-3-5-9-19(17)21/h2-13H,1H3. The molecule has 1 aromatic heterocycles. The van der Waals surface area contributed by atoms with Gasteiger partial charge in [-0.15, -0.1) is 0 Å². The molecule has 4 rings (SSSR count). The van der Waals surface area contributed by atoms with Gasteiger partial charge in [0.05, 0.1) is 11.0 Å². The van der Waals surface area contributed by atoms with Crippen LogP contribution in [0.1, 0.15) is 0 Å². The summed E-state index contributed by atoms with van der Waals surface area (Å²) in [6, 6.07) is 25.9. The van der Waals surface area contributed by atoms with E-state index in [0.717, 1.165) is 0 Å². The Morgan fingerprint density at radius 2 is 1.19 bits per heavy atom. The van der Waals surface area contributed by atoms with Gasteiger partial charge < -0.3 is 4.57 Å². The number of aromatic nitrogens is 1. The van der Waals surface area contributed by atoms with Crippen LogP contribution in [0.25, 0.3) is 27.5 Å². The van der Waals surface area contributed by atoms with E-state index in [9.17, 15) is 0 Å². The van der Waals surface area contributed by atoms with Crippen LogP contribution in [-0.2, 0) is 0 Å². The second-order valence-corrected chi connectivity index (χ2v) is 5.25. The third kappa shape index (κ3) is 1.87. The molecule has 0 bridgehead atoms. The topological polar surface area (TPSA) is 4.93 Å². The maximum atomic E-state index is 2.34. The van der Waals surface area contributed by atoms with Crippen LogP contribution < -0.4 is 5.46 Å². The molecule has 0 spiro atoms. The van der Waals surface area contributed by atoms with E-state index >= 15 is 0 Å². The van der Waals surface area contributed by atoms with Crippen LogP contribution in [0.3, 0.4) is 0 Å². The van der Waals surface area contributed by atoms with Crippen molar-refractivity contribution in [3.05, 3.63) is 72.8 Å². The van der Waals surface area contributed by atoms with Crippen LogP contribution in [0.5, 0.6) is 0 Å². The Morgan fingerprint density at radius 3 is 1.71 bits per heavy atom. The molecule has 0 aliphatic carbocycles. The number of fused-ring (bicyclic) bond motifs is 3. The van der Waals surface area contributed by atoms with Crippen molar-refractivity contribution in [1.82, 2.24) is 4.57 Å². The first-order valence-corrected chi connectivity index (χ1v) is 7.26. The van der Waals surface area contributed by atoms with Gasteiger partial charge in [-0.3, -0.25) is 0 Å². The lowest BCUT2D eigenvalue weighted by Gasteiger charge is -2.08. The molecule has 0 saturated heterocycles. The normalized spacial score (nSPS) is 11.1. The molecule has 0 fully saturated rings. The third-order valence-electron chi connectivity index (χ3n) is 4.06. The van der Waals surface area contributed by atoms with Crippen LogP contribution in [0.15, 0.2) is 72.8 Å². The maximum absolute atomic E-state index is 2.34. The molecule has 0 saturated carbocycles. The molecule has 0 unspecified atom stereocenters. The smallest absolute Gasteiger partial charge is 0.148 e. The molecule has 0 N–H and O–H groups in total. The van der Waals surface area contributed by atoms with Gasteiger partial charge in [-0.05, 0) is 24.3 Å². The Labute approximate surface area is 125 Å². The van der Waals surface area contributed by atoms with Crippen molar-refractivity contribution in [1.29, 1.82) is 0 Å². The van der Waals surface area contributed by atoms with Crippen LogP contribution in [0, 0.1) is 0 Å². The average molecular weight is 268 g/mol. The first-order chi connectivity index (χ1) is 10.4. The summed E-state index contributed by atoms with van der Waals surface area (Å²) in [5, 5.41) is 2.61. The predicted molar refractivity (Wildman–Crippen MR) is 92.0 cm³/mol. The fourth-order valence-corrected chi connectivity index (χ4v) is 3.02. The Morgan fingerprint density at radius 1 is 0.667 bits per heavy atom. The molecule has 1 nitrogen and oxygen atoms in total. The molecule has 0 aliphatic rings. The number of benzene rings is 3. The van der Waals surface area contributed by atoms with E-state index in [1.807, 2.05) is 0 Å². The summed E-state index contributed by atoms with van der Waals surface area (Å²) in [7, 11) is 2.12. The molecular formula is C19H15BN. The highest BCUT2D eigenvalue weighted by Gasteiger charge is 2.10. The van der Waals surface area contributed by atoms with Crippen molar-refractivity contribution in [2.45, 2.75) is 6.82 Å². The van der Waals surface area contributed by atoms with Crippen molar-refractivity contribution in [2.24, 2.45) is 0 Å². The van der Waals surface area contributed by atoms with Gasteiger partial charge in [0.1, 0.15) is 7.28 Å². The van der Waals surface area contributed by atoms with E-state index in [4.69, 9.17) is 0 Å². The van der Waals surface area contributed by atoms with Crippen molar-refractivity contribution in [3.63, 3.8) is 0 Å². The van der Waals surface area contributed by atoms with Gasteiger partial charge in [0, 0.05) is 16.5 Å². The Kier molecular flexibility index (Phi) is 2.82. The summed E-state index contributed by atoms with van der Waals surface area (Å²) < 4.78 is 2.34. The predicted octanol–water partition coefficient (Wildman–Crippen LogP) is 4.16. The second kappa shape index (κ2) is 4.82. The molecule has 99 valence electrons. The molecule has 1 heterocycles. The van der Waals surface area contributed by atoms with E-state index in [1.165, 1.54) is 33.0 Å². The highest BCUT2D eigenvalue weighted by molar-refractivity contribution is 6.51. The molecule has 2 heteroatoms. The summed E-state index contributed by atoms with van der Waals surface area (Å²) in [5.41, 5.74) is 4.97. The minimum atomic E-state index is 1.21. The molecule has 0 aliphatic heterocycles. The Hall–Kier alpha value is -2.48. The lowest BCUT2D eigenvalue weighted by atomic mass is 9.73. The molecular weight excluding hydrogens is 253 g/mol. The molecule has 0 atom stereocenters. The molecule has 0 amide bonds. The summed E-state index contributed by atoms with van der Waals surface area (Å²) in [4.78, 5) is 0. The van der Waals surface area contributed by atoms with Crippen LogP contribution in [0.2, 0.25) is 6.82 Å². The number of nitrogens with zero attached hydrogens (tertiary/aromatic N) is 1. The summed E-state index contributed by atoms with van der Waals surface area (Å²) >= 11 is 0. The fraction of sp³-hybridized carbons (Fsp3) is 0.0526. The minimum Gasteiger partial charge on any atom is -0.309 e. The SMILES string of the molecule is C[B]c1ccc(-n2c3ccccc3c3ccccc32)cc1. The quantitative estimate of drug-likeness (QED) is 0.481. The van der Waals surface area contributed by atoms with Gasteiger partial charge >= 0.3 is 0 Å². The van der Waals surface area contributed by atoms with E-state index in [1.54, 1.807) is 0 Å². The second-order valence-electron chi connectivity index (χ2n) is 5.25. The Balaban J connectivity index is 2.09. The zero-order chi connectivity index (χ0) is 14.2. The lowest BCUT2D eigenvalue weighted by molar-refractivity contribution is 1.18. The van der Waals surface area contributed by atoms with Crippen LogP contribution in [-0.4, -0.2) is 11.8 Å². The van der Waals surface area contributed by atoms with E-state index in [-0.39, 0.29) is 0 Å². The summed E-state index contributed by atoms with van der Waals surface area (Å²) in [5.74, 6) is 0. The highest BCUT2D eigenvalue weighted by Crippen LogP contribution is 2.31. The lowest BCUT2D eigenvalue weighted by Crippen LogP contribution is -2.09. The van der Waals surface area contributed by atoms with Gasteiger partial charge in [-0.25, -0.2) is 0 Å². The third-order valence-corrected chi connectivity index (χ3v) is 4.06. The maximum Gasteiger partial charge on any atom is 0.148 e. The van der Waals surface area contributed by atoms with Gasteiger partial charge in [0.25, 0.3) is 0 Å². The summed E-state index contributed by atoms with van der Waals surface area (Å²) in [6.07, 6.45) is 0. The largest absolute Gasteiger partial charge is 0.309 e. The number of para-hydroxylation sites is 2. The zero-order valence-corrected chi connectivity index (χ0v) is 12.0. The van der Waals surface area contributed by atoms with Crippen molar-refractivity contribution in [2.75, 3.05) is 0 Å². The summed E-state index contributed by atoms with van der Waals surface area (Å²) in [6.45, 7) is 2.06. The molecule has 1 radical (unpaired) electrons. The minimum absolute atomic E-state index is 1.21. The number of hydrogen-bond donors (Lipinski definition) is 0. The van der Waals surface area contributed by atoms with Gasteiger partial charge in [-0.2, -0.15) is 0 Å². The fourth-order valence-electron chi connectivity index (χ4n) is 3.02. The van der Waals surface area contributed by atoms with Crippen molar-refractivity contribution < 1.29 is 0 Å². The highest BCUT2D eigenvalue weighted by atomic mass is 15.0.